The first-order chi connectivity index (χ1) is 14.9. The smallest absolute Gasteiger partial charge is 0.174 e. The highest BCUT2D eigenvalue weighted by Crippen LogP contribution is 2.81. The molecule has 2 saturated heterocycles. The summed E-state index contributed by atoms with van der Waals surface area (Å²) in [6.07, 6.45) is 2.67. The van der Waals surface area contributed by atoms with Gasteiger partial charge in [-0.25, -0.2) is 0 Å². The molecule has 3 spiro atoms. The molecule has 1 N–H and O–H groups in total. The second kappa shape index (κ2) is 5.73. The van der Waals surface area contributed by atoms with Gasteiger partial charge in [0.05, 0.1) is 24.4 Å². The van der Waals surface area contributed by atoms with E-state index in [-0.39, 0.29) is 65.3 Å². The molecule has 0 aromatic rings. The molecule has 7 aliphatic rings. The summed E-state index contributed by atoms with van der Waals surface area (Å²) in [6, 6.07) is -0.0638. The van der Waals surface area contributed by atoms with E-state index in [1.54, 1.807) is 7.11 Å². The molecule has 5 aliphatic carbocycles. The van der Waals surface area contributed by atoms with E-state index in [2.05, 4.69) is 18.7 Å². The van der Waals surface area contributed by atoms with Crippen LogP contribution in [0.3, 0.4) is 0 Å². The average Bonchev–Trinajstić information content (AvgIpc) is 3.33. The topological polar surface area (TPSA) is 77.5 Å². The van der Waals surface area contributed by atoms with Crippen molar-refractivity contribution in [2.45, 2.75) is 75.1 Å². The summed E-state index contributed by atoms with van der Waals surface area (Å²) in [6.45, 7) is 6.43. The van der Waals surface area contributed by atoms with Gasteiger partial charge in [-0.1, -0.05) is 13.8 Å². The molecular formula is C24H35NO6. The number of ether oxygens (including phenoxy) is 4. The number of hydrogen-bond donors (Lipinski definition) is 1. The molecule has 31 heavy (non-hydrogen) atoms. The molecule has 2 heterocycles. The molecule has 0 unspecified atom stereocenters. The Bertz CT molecular complexity index is 852. The number of aliphatic hydroxyl groups excluding tert-OH is 1. The number of methoxy groups -OCH3 is 2. The second-order valence-corrected chi connectivity index (χ2v) is 11.7. The highest BCUT2D eigenvalue weighted by molar-refractivity contribution is 5.98. The van der Waals surface area contributed by atoms with E-state index in [4.69, 9.17) is 18.9 Å². The number of hydrogen-bond acceptors (Lipinski definition) is 7. The lowest BCUT2D eigenvalue weighted by atomic mass is 9.43. The number of likely N-dealkylation sites (N-methyl/N-ethyl adjacent to an activating group) is 1. The number of fused-ring (bicyclic) bond motifs is 1. The molecule has 0 aromatic heterocycles. The van der Waals surface area contributed by atoms with Crippen LogP contribution in [-0.4, -0.2) is 85.4 Å². The molecule has 7 bridgehead atoms. The summed E-state index contributed by atoms with van der Waals surface area (Å²) in [5.41, 5.74) is -2.26. The highest BCUT2D eigenvalue weighted by Gasteiger charge is 2.93. The molecule has 0 aromatic carbocycles. The van der Waals surface area contributed by atoms with Gasteiger partial charge >= 0.3 is 0 Å². The normalized spacial score (nSPS) is 63.5. The number of ketones is 1. The maximum Gasteiger partial charge on any atom is 0.174 e. The van der Waals surface area contributed by atoms with Crippen LogP contribution in [-0.2, 0) is 23.7 Å². The summed E-state index contributed by atoms with van der Waals surface area (Å²) in [5, 5.41) is 11.3. The van der Waals surface area contributed by atoms with Crippen LogP contribution in [0.25, 0.3) is 0 Å². The minimum Gasteiger partial charge on any atom is -0.393 e. The predicted octanol–water partition coefficient (Wildman–Crippen LogP) is 1.22. The van der Waals surface area contributed by atoms with E-state index >= 15 is 0 Å². The van der Waals surface area contributed by atoms with Crippen molar-refractivity contribution in [2.75, 3.05) is 34.1 Å². The summed E-state index contributed by atoms with van der Waals surface area (Å²) in [4.78, 5) is 17.2. The summed E-state index contributed by atoms with van der Waals surface area (Å²) in [7, 11) is 3.57. The minimum atomic E-state index is -1.04. The average molecular weight is 434 g/mol. The van der Waals surface area contributed by atoms with E-state index in [0.717, 1.165) is 32.4 Å². The third-order valence-corrected chi connectivity index (χ3v) is 11.3. The van der Waals surface area contributed by atoms with Gasteiger partial charge in [-0.05, 0) is 37.1 Å². The van der Waals surface area contributed by atoms with Crippen molar-refractivity contribution in [3.05, 3.63) is 0 Å². The summed E-state index contributed by atoms with van der Waals surface area (Å²) in [5.74, 6) is 0.488. The number of rotatable bonds is 3. The Balaban J connectivity index is 1.58. The fourth-order valence-electron chi connectivity index (χ4n) is 10.9. The minimum absolute atomic E-state index is 0.00875. The van der Waals surface area contributed by atoms with Gasteiger partial charge in [-0.2, -0.15) is 0 Å². The van der Waals surface area contributed by atoms with Gasteiger partial charge in [0.15, 0.2) is 11.4 Å². The van der Waals surface area contributed by atoms with Crippen molar-refractivity contribution in [3.8, 4) is 0 Å². The molecular weight excluding hydrogens is 398 g/mol. The van der Waals surface area contributed by atoms with Gasteiger partial charge in [-0.3, -0.25) is 9.69 Å². The zero-order valence-electron chi connectivity index (χ0n) is 19.0. The first-order valence-electron chi connectivity index (χ1n) is 12.2. The molecule has 7 fully saturated rings. The molecule has 7 rings (SSSR count). The fourth-order valence-corrected chi connectivity index (χ4v) is 10.9. The van der Waals surface area contributed by atoms with Gasteiger partial charge in [0.1, 0.15) is 12.4 Å². The van der Waals surface area contributed by atoms with Crippen LogP contribution in [0, 0.1) is 34.5 Å². The lowest BCUT2D eigenvalue weighted by Gasteiger charge is -2.69. The first kappa shape index (κ1) is 19.9. The Morgan fingerprint density at radius 2 is 2.06 bits per heavy atom. The Morgan fingerprint density at radius 3 is 2.77 bits per heavy atom. The molecule has 172 valence electrons. The zero-order valence-corrected chi connectivity index (χ0v) is 19.0. The van der Waals surface area contributed by atoms with Crippen molar-refractivity contribution in [2.24, 2.45) is 34.5 Å². The van der Waals surface area contributed by atoms with Gasteiger partial charge in [0.25, 0.3) is 0 Å². The molecule has 7 heteroatoms. The van der Waals surface area contributed by atoms with E-state index in [1.807, 2.05) is 7.11 Å². The lowest BCUT2D eigenvalue weighted by molar-refractivity contribution is -0.280. The van der Waals surface area contributed by atoms with Crippen molar-refractivity contribution < 1.29 is 28.8 Å². The number of carbonyl (C=O) groups excluding carboxylic acids is 1. The third kappa shape index (κ3) is 1.69. The quantitative estimate of drug-likeness (QED) is 0.717. The van der Waals surface area contributed by atoms with Crippen LogP contribution < -0.4 is 0 Å². The number of piperidine rings is 1. The number of nitrogens with zero attached hydrogens (tertiary/aromatic N) is 1. The SMILES string of the molecule is CCN1C[C@]2(C)CC[C@H](OC)[C@@]34[C@@H]5C[C@H]6[C@H](OC)[C@@H]5[C@@]5(C[C@@H]6O)OCO[C@@]5(C(=O)[C@H]23)[C@@H]14. The monoisotopic (exact) mass is 433 g/mol. The third-order valence-electron chi connectivity index (χ3n) is 11.3. The van der Waals surface area contributed by atoms with Crippen LogP contribution in [0.2, 0.25) is 0 Å². The molecule has 5 saturated carbocycles. The number of carbonyl (C=O) groups is 1. The zero-order chi connectivity index (χ0) is 21.6. The van der Waals surface area contributed by atoms with Crippen molar-refractivity contribution in [1.29, 1.82) is 0 Å². The van der Waals surface area contributed by atoms with Crippen LogP contribution in [0.15, 0.2) is 0 Å². The Kier molecular flexibility index (Phi) is 3.67. The highest BCUT2D eigenvalue weighted by atomic mass is 16.7. The van der Waals surface area contributed by atoms with E-state index in [0.29, 0.717) is 6.42 Å². The summed E-state index contributed by atoms with van der Waals surface area (Å²) < 4.78 is 25.5. The second-order valence-electron chi connectivity index (χ2n) is 11.7. The van der Waals surface area contributed by atoms with Crippen molar-refractivity contribution in [1.82, 2.24) is 4.90 Å². The van der Waals surface area contributed by atoms with E-state index < -0.39 is 17.3 Å². The number of aliphatic hydroxyl groups is 1. The number of Topliss-reactive ketones (excluding diaryl/α,β-unsaturated/α-hetero) is 1. The fraction of sp³-hybridized carbons (Fsp3) is 0.958. The largest absolute Gasteiger partial charge is 0.393 e. The summed E-state index contributed by atoms with van der Waals surface area (Å²) >= 11 is 0. The maximum atomic E-state index is 14.7. The van der Waals surface area contributed by atoms with Gasteiger partial charge in [0, 0.05) is 50.4 Å². The molecule has 2 aliphatic heterocycles. The maximum absolute atomic E-state index is 14.7. The molecule has 12 atom stereocenters. The van der Waals surface area contributed by atoms with Gasteiger partial charge in [-0.15, -0.1) is 0 Å². The first-order valence-corrected chi connectivity index (χ1v) is 12.2. The van der Waals surface area contributed by atoms with Crippen molar-refractivity contribution >= 4 is 5.78 Å². The standard InChI is InChI=1S/C24H35NO6/c1-5-25-10-21(2)7-6-15(28-3)23-13-8-12-14(26)9-22(16(13)17(12)29-4)24(20(23)25,31-11-30-22)19(27)18(21)23/h12-18,20,26H,5-11H2,1-4H3/t12-,13-,14+,15+,16-,17+,18-,20+,21+,22-,23+,24+/m1/s1. The molecule has 0 amide bonds. The van der Waals surface area contributed by atoms with Gasteiger partial charge < -0.3 is 24.1 Å². The predicted molar refractivity (Wildman–Crippen MR) is 109 cm³/mol. The van der Waals surface area contributed by atoms with Crippen molar-refractivity contribution in [3.63, 3.8) is 0 Å². The lowest BCUT2D eigenvalue weighted by Crippen LogP contribution is -2.80. The van der Waals surface area contributed by atoms with Crippen LogP contribution >= 0.6 is 0 Å². The molecule has 7 nitrogen and oxygen atoms in total. The number of likely N-dealkylation sites (tertiary alicyclic amines) is 1. The molecule has 0 radical (unpaired) electrons. The van der Waals surface area contributed by atoms with Crippen LogP contribution in [0.1, 0.15) is 39.5 Å². The Hall–Kier alpha value is -0.570. The van der Waals surface area contributed by atoms with Gasteiger partial charge in [0.2, 0.25) is 0 Å². The van der Waals surface area contributed by atoms with Crippen LogP contribution in [0.4, 0.5) is 0 Å². The van der Waals surface area contributed by atoms with Crippen LogP contribution in [0.5, 0.6) is 0 Å². The van der Waals surface area contributed by atoms with E-state index in [9.17, 15) is 9.90 Å². The Morgan fingerprint density at radius 1 is 1.26 bits per heavy atom. The van der Waals surface area contributed by atoms with E-state index in [1.165, 1.54) is 0 Å². The Labute approximate surface area is 183 Å².